The molecule has 1 aromatic heterocycles. The molecule has 2 atom stereocenters. The highest BCUT2D eigenvalue weighted by atomic mass is 19.1. The van der Waals surface area contributed by atoms with Gasteiger partial charge in [0.05, 0.1) is 25.5 Å². The highest BCUT2D eigenvalue weighted by Gasteiger charge is 2.23. The van der Waals surface area contributed by atoms with Gasteiger partial charge in [0.15, 0.2) is 0 Å². The number of nitrogens with two attached hydrogens (primary N) is 1. The number of nitrogens with one attached hydrogen (secondary N) is 1. The van der Waals surface area contributed by atoms with Crippen molar-refractivity contribution in [1.29, 1.82) is 0 Å². The molecule has 3 N–H and O–H groups in total. The smallest absolute Gasteiger partial charge is 0.275 e. The molecule has 1 saturated heterocycles. The molecule has 1 fully saturated rings. The Morgan fingerprint density at radius 2 is 2.17 bits per heavy atom. The molecule has 29 heavy (non-hydrogen) atoms. The van der Waals surface area contributed by atoms with Gasteiger partial charge in [-0.05, 0) is 25.0 Å². The van der Waals surface area contributed by atoms with Crippen molar-refractivity contribution in [3.05, 3.63) is 53.9 Å². The molecular weight excluding hydrogens is 375 g/mol. The van der Waals surface area contributed by atoms with E-state index < -0.39 is 6.17 Å². The molecular formula is C20H25FN6O2. The number of carbonyl (C=O) groups is 1. The van der Waals surface area contributed by atoms with E-state index in [1.54, 1.807) is 18.5 Å². The van der Waals surface area contributed by atoms with Gasteiger partial charge < -0.3 is 25.6 Å². The van der Waals surface area contributed by atoms with Crippen LogP contribution in [0, 0.1) is 0 Å². The molecule has 0 aromatic carbocycles. The summed E-state index contributed by atoms with van der Waals surface area (Å²) in [6.07, 6.45) is 10.5. The Morgan fingerprint density at radius 1 is 1.28 bits per heavy atom. The zero-order valence-electron chi connectivity index (χ0n) is 16.1. The van der Waals surface area contributed by atoms with Gasteiger partial charge in [-0.25, -0.2) is 14.4 Å². The van der Waals surface area contributed by atoms with E-state index in [4.69, 9.17) is 10.5 Å². The zero-order chi connectivity index (χ0) is 20.2. The number of hydrogen-bond donors (Lipinski definition) is 2. The van der Waals surface area contributed by atoms with Crippen LogP contribution in [0.2, 0.25) is 0 Å². The van der Waals surface area contributed by atoms with Crippen LogP contribution in [0.1, 0.15) is 23.3 Å². The first-order chi connectivity index (χ1) is 14.1. The van der Waals surface area contributed by atoms with Gasteiger partial charge in [0, 0.05) is 43.3 Å². The van der Waals surface area contributed by atoms with E-state index >= 15 is 0 Å². The van der Waals surface area contributed by atoms with E-state index in [2.05, 4.69) is 20.2 Å². The van der Waals surface area contributed by atoms with E-state index in [1.165, 1.54) is 12.3 Å². The Morgan fingerprint density at radius 3 is 2.93 bits per heavy atom. The predicted octanol–water partition coefficient (Wildman–Crippen LogP) is 1.10. The number of alkyl halides is 1. The number of rotatable bonds is 4. The lowest BCUT2D eigenvalue weighted by atomic mass is 10.0. The molecule has 1 aromatic rings. The standard InChI is InChI=1S/C20H25FN6O2/c21-14-4-6-27(13-14)15-2-3-16(22)17(10-15)25-20(28)18-11-24-19(12-23-18)26-5-1-8-29-9-7-26/h2,4,6,10-12,14,16H,1,3,5,7-9,13,22H2,(H,25,28)/t14?,16-/m0/s1. The van der Waals surface area contributed by atoms with Gasteiger partial charge in [-0.3, -0.25) is 4.79 Å². The van der Waals surface area contributed by atoms with Crippen LogP contribution in [-0.2, 0) is 4.74 Å². The number of hydrogen-bond acceptors (Lipinski definition) is 7. The quantitative estimate of drug-likeness (QED) is 0.781. The number of aromatic nitrogens is 2. The third kappa shape index (κ3) is 4.63. The van der Waals surface area contributed by atoms with Gasteiger partial charge in [0.2, 0.25) is 0 Å². The van der Waals surface area contributed by atoms with Crippen molar-refractivity contribution in [2.45, 2.75) is 25.1 Å². The van der Waals surface area contributed by atoms with Gasteiger partial charge in [0.25, 0.3) is 5.91 Å². The fourth-order valence-corrected chi connectivity index (χ4v) is 3.50. The Kier molecular flexibility index (Phi) is 5.86. The van der Waals surface area contributed by atoms with Crippen LogP contribution in [0.15, 0.2) is 48.2 Å². The van der Waals surface area contributed by atoms with Gasteiger partial charge in [-0.15, -0.1) is 0 Å². The maximum Gasteiger partial charge on any atom is 0.275 e. The van der Waals surface area contributed by atoms with E-state index in [-0.39, 0.29) is 24.2 Å². The fraction of sp³-hybridized carbons (Fsp3) is 0.450. The third-order valence-electron chi connectivity index (χ3n) is 5.14. The predicted molar refractivity (Wildman–Crippen MR) is 107 cm³/mol. The van der Waals surface area contributed by atoms with Gasteiger partial charge in [-0.2, -0.15) is 0 Å². The summed E-state index contributed by atoms with van der Waals surface area (Å²) in [6, 6.07) is -0.334. The Labute approximate surface area is 168 Å². The average molecular weight is 400 g/mol. The lowest BCUT2D eigenvalue weighted by Crippen LogP contribution is -2.37. The molecule has 0 bridgehead atoms. The van der Waals surface area contributed by atoms with Crippen LogP contribution in [0.4, 0.5) is 10.2 Å². The number of amides is 1. The lowest BCUT2D eigenvalue weighted by molar-refractivity contribution is 0.0958. The monoisotopic (exact) mass is 400 g/mol. The highest BCUT2D eigenvalue weighted by molar-refractivity contribution is 5.93. The van der Waals surface area contributed by atoms with Crippen molar-refractivity contribution in [2.24, 2.45) is 5.73 Å². The summed E-state index contributed by atoms with van der Waals surface area (Å²) in [4.78, 5) is 25.2. The normalized spacial score (nSPS) is 24.8. The molecule has 1 aliphatic carbocycles. The van der Waals surface area contributed by atoms with Crippen LogP contribution >= 0.6 is 0 Å². The Bertz CT molecular complexity index is 830. The molecule has 3 aliphatic rings. The first kappa shape index (κ1) is 19.5. The number of ether oxygens (including phenoxy) is 1. The summed E-state index contributed by atoms with van der Waals surface area (Å²) in [7, 11) is 0. The van der Waals surface area contributed by atoms with E-state index in [1.807, 2.05) is 11.0 Å². The van der Waals surface area contributed by atoms with Crippen molar-refractivity contribution >= 4 is 11.7 Å². The number of halogens is 1. The van der Waals surface area contributed by atoms with Crippen molar-refractivity contribution in [2.75, 3.05) is 37.7 Å². The molecule has 0 radical (unpaired) electrons. The van der Waals surface area contributed by atoms with Gasteiger partial charge in [-0.1, -0.05) is 6.08 Å². The second kappa shape index (κ2) is 8.71. The van der Waals surface area contributed by atoms with Gasteiger partial charge >= 0.3 is 0 Å². The number of anilines is 1. The van der Waals surface area contributed by atoms with E-state index in [0.717, 1.165) is 37.6 Å². The Balaban J connectivity index is 1.42. The maximum atomic E-state index is 13.4. The molecule has 3 heterocycles. The lowest BCUT2D eigenvalue weighted by Gasteiger charge is -2.25. The van der Waals surface area contributed by atoms with Crippen LogP contribution in [0.3, 0.4) is 0 Å². The van der Waals surface area contributed by atoms with Crippen LogP contribution in [-0.4, -0.2) is 65.8 Å². The van der Waals surface area contributed by atoms with Crippen LogP contribution in [0.5, 0.6) is 0 Å². The first-order valence-corrected chi connectivity index (χ1v) is 9.82. The summed E-state index contributed by atoms with van der Waals surface area (Å²) in [5.41, 5.74) is 7.76. The van der Waals surface area contributed by atoms with Gasteiger partial charge in [0.1, 0.15) is 17.7 Å². The molecule has 2 aliphatic heterocycles. The number of allylic oxidation sites excluding steroid dienone is 1. The summed E-state index contributed by atoms with van der Waals surface area (Å²) < 4.78 is 18.9. The maximum absolute atomic E-state index is 13.4. The molecule has 9 heteroatoms. The molecule has 1 amide bonds. The van der Waals surface area contributed by atoms with Crippen molar-refractivity contribution in [3.8, 4) is 0 Å². The number of carbonyl (C=O) groups excluding carboxylic acids is 1. The second-order valence-electron chi connectivity index (χ2n) is 7.25. The van der Waals surface area contributed by atoms with E-state index in [0.29, 0.717) is 18.7 Å². The minimum Gasteiger partial charge on any atom is -0.380 e. The zero-order valence-corrected chi connectivity index (χ0v) is 16.1. The average Bonchev–Trinajstić information content (AvgIpc) is 2.99. The van der Waals surface area contributed by atoms with Crippen LogP contribution < -0.4 is 16.0 Å². The fourth-order valence-electron chi connectivity index (χ4n) is 3.50. The SMILES string of the molecule is N[C@H]1CC=C(N2C=CC(F)C2)C=C1NC(=O)c1cnc(N2CCCOCC2)cn1. The minimum atomic E-state index is -0.984. The van der Waals surface area contributed by atoms with Crippen LogP contribution in [0.25, 0.3) is 0 Å². The molecule has 0 spiro atoms. The largest absolute Gasteiger partial charge is 0.380 e. The minimum absolute atomic E-state index is 0.217. The molecule has 8 nitrogen and oxygen atoms in total. The molecule has 0 saturated carbocycles. The Hall–Kier alpha value is -2.78. The number of nitrogens with zero attached hydrogens (tertiary/aromatic N) is 4. The van der Waals surface area contributed by atoms with Crippen molar-refractivity contribution < 1.29 is 13.9 Å². The summed E-state index contributed by atoms with van der Waals surface area (Å²) in [6.45, 7) is 3.27. The first-order valence-electron chi connectivity index (χ1n) is 9.82. The van der Waals surface area contributed by atoms with E-state index in [9.17, 15) is 9.18 Å². The van der Waals surface area contributed by atoms with Crippen molar-refractivity contribution in [1.82, 2.24) is 20.2 Å². The topological polar surface area (TPSA) is 96.6 Å². The second-order valence-corrected chi connectivity index (χ2v) is 7.25. The molecule has 1 unspecified atom stereocenters. The highest BCUT2D eigenvalue weighted by Crippen LogP contribution is 2.22. The molecule has 4 rings (SSSR count). The summed E-state index contributed by atoms with van der Waals surface area (Å²) >= 11 is 0. The summed E-state index contributed by atoms with van der Waals surface area (Å²) in [5.74, 6) is 0.360. The molecule has 154 valence electrons. The van der Waals surface area contributed by atoms with Crippen molar-refractivity contribution in [3.63, 3.8) is 0 Å². The third-order valence-corrected chi connectivity index (χ3v) is 5.14. The summed E-state index contributed by atoms with van der Waals surface area (Å²) in [5, 5.41) is 2.83.